The van der Waals surface area contributed by atoms with Gasteiger partial charge in [0.25, 0.3) is 10.0 Å². The van der Waals surface area contributed by atoms with Crippen molar-refractivity contribution < 1.29 is 17.9 Å². The lowest BCUT2D eigenvalue weighted by Gasteiger charge is -2.11. The third kappa shape index (κ3) is 3.11. The van der Waals surface area contributed by atoms with E-state index in [0.29, 0.717) is 5.69 Å². The molecule has 0 fully saturated rings. The molecule has 7 nitrogen and oxygen atoms in total. The second-order valence-electron chi connectivity index (χ2n) is 4.69. The predicted octanol–water partition coefficient (Wildman–Crippen LogP) is 2.00. The van der Waals surface area contributed by atoms with Gasteiger partial charge in [0, 0.05) is 0 Å². The molecule has 0 aliphatic carbocycles. The summed E-state index contributed by atoms with van der Waals surface area (Å²) >= 11 is 0. The van der Waals surface area contributed by atoms with Crippen molar-refractivity contribution in [2.24, 2.45) is 0 Å². The van der Waals surface area contributed by atoms with E-state index in [1.807, 2.05) is 19.9 Å². The minimum Gasteiger partial charge on any atom is -0.462 e. The molecular formula is C14H17N3O4S. The fourth-order valence-electron chi connectivity index (χ4n) is 1.89. The van der Waals surface area contributed by atoms with Gasteiger partial charge in [-0.05, 0) is 38.0 Å². The number of aromatic nitrogens is 2. The summed E-state index contributed by atoms with van der Waals surface area (Å²) in [5, 5.41) is 5.65. The molecule has 0 bridgehead atoms. The molecule has 1 aromatic heterocycles. The summed E-state index contributed by atoms with van der Waals surface area (Å²) in [5.74, 6) is -0.738. The number of carbonyl (C=O) groups excluding carboxylic acids is 1. The number of anilines is 1. The lowest BCUT2D eigenvalue weighted by atomic mass is 10.1. The molecule has 0 spiro atoms. The molecule has 0 radical (unpaired) electrons. The SMILES string of the molecule is CCOC(=O)c1cn[nH]c1S(=O)(=O)Nc1cccc(C)c1C. The fourth-order valence-corrected chi connectivity index (χ4v) is 3.10. The zero-order chi connectivity index (χ0) is 16.3. The Kier molecular flexibility index (Phi) is 4.51. The number of carbonyl (C=O) groups is 1. The van der Waals surface area contributed by atoms with Gasteiger partial charge in [0.2, 0.25) is 0 Å². The van der Waals surface area contributed by atoms with Crippen molar-refractivity contribution in [2.75, 3.05) is 11.3 Å². The fraction of sp³-hybridized carbons (Fsp3) is 0.286. The lowest BCUT2D eigenvalue weighted by molar-refractivity contribution is 0.0522. The van der Waals surface area contributed by atoms with Gasteiger partial charge in [-0.15, -0.1) is 0 Å². The summed E-state index contributed by atoms with van der Waals surface area (Å²) < 4.78 is 32.2. The highest BCUT2D eigenvalue weighted by Gasteiger charge is 2.26. The minimum atomic E-state index is -3.97. The van der Waals surface area contributed by atoms with Crippen LogP contribution in [0, 0.1) is 13.8 Å². The van der Waals surface area contributed by atoms with Gasteiger partial charge < -0.3 is 4.74 Å². The Bertz CT molecular complexity index is 796. The maximum Gasteiger partial charge on any atom is 0.342 e. The zero-order valence-electron chi connectivity index (χ0n) is 12.5. The molecule has 22 heavy (non-hydrogen) atoms. The number of rotatable bonds is 5. The van der Waals surface area contributed by atoms with E-state index in [0.717, 1.165) is 17.3 Å². The highest BCUT2D eigenvalue weighted by Crippen LogP contribution is 2.22. The van der Waals surface area contributed by atoms with Crippen LogP contribution in [0.25, 0.3) is 0 Å². The Morgan fingerprint density at radius 3 is 2.77 bits per heavy atom. The van der Waals surface area contributed by atoms with E-state index in [2.05, 4.69) is 14.9 Å². The summed E-state index contributed by atoms with van der Waals surface area (Å²) in [7, 11) is -3.97. The van der Waals surface area contributed by atoms with E-state index in [1.54, 1.807) is 19.1 Å². The Morgan fingerprint density at radius 2 is 2.09 bits per heavy atom. The highest BCUT2D eigenvalue weighted by molar-refractivity contribution is 7.92. The number of aromatic amines is 1. The number of nitrogens with zero attached hydrogens (tertiary/aromatic N) is 1. The molecule has 2 aromatic rings. The Labute approximate surface area is 128 Å². The standard InChI is InChI=1S/C14H17N3O4S/c1-4-21-14(18)11-8-15-16-13(11)22(19,20)17-12-7-5-6-9(2)10(12)3/h5-8,17H,4H2,1-3H3,(H,15,16). The smallest absolute Gasteiger partial charge is 0.342 e. The summed E-state index contributed by atoms with van der Waals surface area (Å²) in [6.45, 7) is 5.48. The number of hydrogen-bond donors (Lipinski definition) is 2. The van der Waals surface area contributed by atoms with Crippen molar-refractivity contribution in [1.29, 1.82) is 0 Å². The molecule has 0 unspecified atom stereocenters. The number of hydrogen-bond acceptors (Lipinski definition) is 5. The number of esters is 1. The van der Waals surface area contributed by atoms with E-state index in [9.17, 15) is 13.2 Å². The van der Waals surface area contributed by atoms with Crippen LogP contribution in [0.5, 0.6) is 0 Å². The quantitative estimate of drug-likeness (QED) is 0.820. The number of ether oxygens (including phenoxy) is 1. The third-order valence-electron chi connectivity index (χ3n) is 3.22. The van der Waals surface area contributed by atoms with Crippen LogP contribution in [0.15, 0.2) is 29.4 Å². The zero-order valence-corrected chi connectivity index (χ0v) is 13.3. The van der Waals surface area contributed by atoms with E-state index in [4.69, 9.17) is 4.74 Å². The van der Waals surface area contributed by atoms with Gasteiger partial charge >= 0.3 is 5.97 Å². The van der Waals surface area contributed by atoms with Gasteiger partial charge in [-0.3, -0.25) is 9.82 Å². The van der Waals surface area contributed by atoms with Crippen LogP contribution < -0.4 is 4.72 Å². The molecule has 8 heteroatoms. The molecule has 0 saturated carbocycles. The molecule has 2 N–H and O–H groups in total. The average molecular weight is 323 g/mol. The number of H-pyrrole nitrogens is 1. The largest absolute Gasteiger partial charge is 0.462 e. The van der Waals surface area contributed by atoms with Gasteiger partial charge in [0.05, 0.1) is 18.5 Å². The molecule has 1 aromatic carbocycles. The van der Waals surface area contributed by atoms with Crippen LogP contribution in [0.4, 0.5) is 5.69 Å². The summed E-state index contributed by atoms with van der Waals surface area (Å²) in [6, 6.07) is 5.28. The topological polar surface area (TPSA) is 101 Å². The van der Waals surface area contributed by atoms with Crippen molar-refractivity contribution in [3.63, 3.8) is 0 Å². The van der Waals surface area contributed by atoms with Crippen LogP contribution in [0.1, 0.15) is 28.4 Å². The summed E-state index contributed by atoms with van der Waals surface area (Å²) in [5.41, 5.74) is 2.09. The van der Waals surface area contributed by atoms with Crippen molar-refractivity contribution in [3.05, 3.63) is 41.1 Å². The normalized spacial score (nSPS) is 11.2. The monoisotopic (exact) mass is 323 g/mol. The highest BCUT2D eigenvalue weighted by atomic mass is 32.2. The Balaban J connectivity index is 2.38. The van der Waals surface area contributed by atoms with Crippen LogP contribution in [-0.4, -0.2) is 31.2 Å². The predicted molar refractivity (Wildman–Crippen MR) is 81.3 cm³/mol. The van der Waals surface area contributed by atoms with E-state index >= 15 is 0 Å². The van der Waals surface area contributed by atoms with Gasteiger partial charge in [0.1, 0.15) is 5.56 Å². The number of sulfonamides is 1. The van der Waals surface area contributed by atoms with Crippen molar-refractivity contribution in [3.8, 4) is 0 Å². The second-order valence-corrected chi connectivity index (χ2v) is 6.31. The molecule has 0 atom stereocenters. The van der Waals surface area contributed by atoms with E-state index in [1.165, 1.54) is 0 Å². The third-order valence-corrected chi connectivity index (χ3v) is 4.55. The van der Waals surface area contributed by atoms with Gasteiger partial charge in [-0.2, -0.15) is 13.5 Å². The number of aryl methyl sites for hydroxylation is 1. The first-order valence-corrected chi connectivity index (χ1v) is 8.14. The lowest BCUT2D eigenvalue weighted by Crippen LogP contribution is -2.18. The molecule has 2 rings (SSSR count). The van der Waals surface area contributed by atoms with Crippen LogP contribution >= 0.6 is 0 Å². The first-order chi connectivity index (χ1) is 10.4. The Morgan fingerprint density at radius 1 is 1.36 bits per heavy atom. The minimum absolute atomic E-state index is 0.125. The molecule has 0 aliphatic heterocycles. The summed E-state index contributed by atoms with van der Waals surface area (Å²) in [6.07, 6.45) is 1.13. The van der Waals surface area contributed by atoms with Crippen LogP contribution in [0.2, 0.25) is 0 Å². The van der Waals surface area contributed by atoms with Crippen LogP contribution in [0.3, 0.4) is 0 Å². The summed E-state index contributed by atoms with van der Waals surface area (Å²) in [4.78, 5) is 11.8. The van der Waals surface area contributed by atoms with E-state index < -0.39 is 16.0 Å². The molecular weight excluding hydrogens is 306 g/mol. The average Bonchev–Trinajstić information content (AvgIpc) is 2.94. The first-order valence-electron chi connectivity index (χ1n) is 6.66. The van der Waals surface area contributed by atoms with Crippen molar-refractivity contribution in [1.82, 2.24) is 10.2 Å². The maximum absolute atomic E-state index is 12.5. The van der Waals surface area contributed by atoms with Gasteiger partial charge in [-0.1, -0.05) is 12.1 Å². The molecule has 0 aliphatic rings. The van der Waals surface area contributed by atoms with E-state index in [-0.39, 0.29) is 17.2 Å². The first kappa shape index (κ1) is 16.0. The number of benzene rings is 1. The molecule has 0 amide bonds. The van der Waals surface area contributed by atoms with Gasteiger partial charge in [0.15, 0.2) is 5.03 Å². The molecule has 118 valence electrons. The van der Waals surface area contributed by atoms with Crippen LogP contribution in [-0.2, 0) is 14.8 Å². The molecule has 1 heterocycles. The van der Waals surface area contributed by atoms with Gasteiger partial charge in [-0.25, -0.2) is 4.79 Å². The molecule has 0 saturated heterocycles. The second kappa shape index (κ2) is 6.18. The van der Waals surface area contributed by atoms with Crippen molar-refractivity contribution in [2.45, 2.75) is 25.8 Å². The van der Waals surface area contributed by atoms with Crippen molar-refractivity contribution >= 4 is 21.7 Å². The maximum atomic E-state index is 12.5. The Hall–Kier alpha value is -2.35. The number of nitrogens with one attached hydrogen (secondary N) is 2.